The second-order valence-electron chi connectivity index (χ2n) is 8.02. The van der Waals surface area contributed by atoms with E-state index >= 15 is 0 Å². The third-order valence-corrected chi connectivity index (χ3v) is 5.68. The van der Waals surface area contributed by atoms with Crippen molar-refractivity contribution in [2.45, 2.75) is 13.5 Å². The molecule has 2 aromatic heterocycles. The Morgan fingerprint density at radius 1 is 1.08 bits per heavy atom. The maximum Gasteiger partial charge on any atom is 0.248 e. The van der Waals surface area contributed by atoms with Crippen LogP contribution in [-0.4, -0.2) is 57.7 Å². The molecule has 4 rings (SSSR count). The number of aromatic nitrogens is 3. The second kappa shape index (κ2) is 11.7. The van der Waals surface area contributed by atoms with Gasteiger partial charge in [0.25, 0.3) is 0 Å². The van der Waals surface area contributed by atoms with Crippen molar-refractivity contribution in [2.75, 3.05) is 32.1 Å². The Kier molecular flexibility index (Phi) is 8.14. The number of nitrogens with one attached hydrogen (secondary N) is 1. The molecule has 0 radical (unpaired) electrons. The van der Waals surface area contributed by atoms with Crippen LogP contribution in [0.4, 0.5) is 11.5 Å². The lowest BCUT2D eigenvalue weighted by atomic mass is 10.2. The molecule has 0 saturated carbocycles. The summed E-state index contributed by atoms with van der Waals surface area (Å²) in [5.41, 5.74) is 3.15. The van der Waals surface area contributed by atoms with E-state index in [9.17, 15) is 4.79 Å². The molecular formula is C26H26ClN5O4. The van der Waals surface area contributed by atoms with Crippen LogP contribution in [0.25, 0.3) is 10.9 Å². The average molecular weight is 508 g/mol. The van der Waals surface area contributed by atoms with E-state index in [0.29, 0.717) is 52.1 Å². The zero-order valence-corrected chi connectivity index (χ0v) is 20.7. The van der Waals surface area contributed by atoms with Crippen molar-refractivity contribution in [1.29, 1.82) is 0 Å². The lowest BCUT2D eigenvalue weighted by Crippen LogP contribution is -2.32. The van der Waals surface area contributed by atoms with Gasteiger partial charge in [-0.1, -0.05) is 23.7 Å². The minimum atomic E-state index is -0.540. The predicted molar refractivity (Wildman–Crippen MR) is 138 cm³/mol. The van der Waals surface area contributed by atoms with Crippen LogP contribution in [0.1, 0.15) is 11.4 Å². The third-order valence-electron chi connectivity index (χ3n) is 5.39. The summed E-state index contributed by atoms with van der Waals surface area (Å²) in [7, 11) is 1.61. The summed E-state index contributed by atoms with van der Waals surface area (Å²) in [4.78, 5) is 26.1. The Labute approximate surface area is 213 Å². The average Bonchev–Trinajstić information content (AvgIpc) is 2.88. The molecule has 36 heavy (non-hydrogen) atoms. The zero-order chi connectivity index (χ0) is 25.5. The van der Waals surface area contributed by atoms with E-state index in [2.05, 4.69) is 20.3 Å². The van der Waals surface area contributed by atoms with E-state index in [1.165, 1.54) is 11.2 Å². The molecule has 1 amide bonds. The number of carbonyl (C=O) groups excluding carboxylic acids is 1. The molecule has 0 aliphatic heterocycles. The lowest BCUT2D eigenvalue weighted by Gasteiger charge is -2.17. The summed E-state index contributed by atoms with van der Waals surface area (Å²) in [6, 6.07) is 16.7. The number of nitrogens with zero attached hydrogens (tertiary/aromatic N) is 4. The van der Waals surface area contributed by atoms with E-state index in [4.69, 9.17) is 26.2 Å². The van der Waals surface area contributed by atoms with E-state index in [-0.39, 0.29) is 12.5 Å². The first kappa shape index (κ1) is 25.2. The summed E-state index contributed by atoms with van der Waals surface area (Å²) in [5, 5.41) is 13.4. The van der Waals surface area contributed by atoms with Crippen molar-refractivity contribution in [3.05, 3.63) is 77.3 Å². The molecule has 0 bridgehead atoms. The van der Waals surface area contributed by atoms with Gasteiger partial charge < -0.3 is 24.8 Å². The van der Waals surface area contributed by atoms with E-state index in [1.807, 2.05) is 49.4 Å². The van der Waals surface area contributed by atoms with Crippen molar-refractivity contribution in [1.82, 2.24) is 19.9 Å². The van der Waals surface area contributed by atoms with Gasteiger partial charge in [-0.05, 0) is 49.4 Å². The van der Waals surface area contributed by atoms with Gasteiger partial charge in [0.1, 0.15) is 43.5 Å². The number of pyridine rings is 1. The number of aryl methyl sites for hydroxylation is 1. The van der Waals surface area contributed by atoms with Crippen LogP contribution in [0.3, 0.4) is 0 Å². The van der Waals surface area contributed by atoms with E-state index in [0.717, 1.165) is 11.4 Å². The normalized spacial score (nSPS) is 10.8. The molecule has 0 aliphatic rings. The first-order chi connectivity index (χ1) is 17.4. The van der Waals surface area contributed by atoms with Gasteiger partial charge in [0.2, 0.25) is 5.91 Å². The van der Waals surface area contributed by atoms with Gasteiger partial charge in [0.05, 0.1) is 28.2 Å². The number of benzene rings is 2. The maximum atomic E-state index is 11.6. The number of amides is 1. The smallest absolute Gasteiger partial charge is 0.248 e. The van der Waals surface area contributed by atoms with Gasteiger partial charge in [0, 0.05) is 18.4 Å². The molecular weight excluding hydrogens is 482 g/mol. The predicted octanol–water partition coefficient (Wildman–Crippen LogP) is 4.14. The highest BCUT2D eigenvalue weighted by Gasteiger charge is 2.13. The van der Waals surface area contributed by atoms with Gasteiger partial charge in [-0.3, -0.25) is 9.78 Å². The van der Waals surface area contributed by atoms with E-state index < -0.39 is 6.61 Å². The Bertz CT molecular complexity index is 1360. The molecule has 186 valence electrons. The van der Waals surface area contributed by atoms with Gasteiger partial charge in [0.15, 0.2) is 0 Å². The number of likely N-dealkylation sites (N-methyl/N-ethyl adjacent to an activating group) is 1. The van der Waals surface area contributed by atoms with Crippen molar-refractivity contribution < 1.29 is 19.4 Å². The molecule has 0 atom stereocenters. The largest absolute Gasteiger partial charge is 0.491 e. The number of anilines is 2. The van der Waals surface area contributed by atoms with Crippen LogP contribution >= 0.6 is 11.6 Å². The summed E-state index contributed by atoms with van der Waals surface area (Å²) >= 11 is 6.49. The van der Waals surface area contributed by atoms with Crippen molar-refractivity contribution >= 4 is 39.9 Å². The minimum Gasteiger partial charge on any atom is -0.491 e. The molecule has 2 heterocycles. The number of aliphatic hydroxyl groups is 1. The highest BCUT2D eigenvalue weighted by Crippen LogP contribution is 2.34. The number of fused-ring (bicyclic) bond motifs is 1. The number of hydrogen-bond donors (Lipinski definition) is 2. The Hall–Kier alpha value is -3.95. The molecule has 2 N–H and O–H groups in total. The van der Waals surface area contributed by atoms with Gasteiger partial charge in [-0.15, -0.1) is 0 Å². The number of rotatable bonds is 10. The third kappa shape index (κ3) is 6.18. The van der Waals surface area contributed by atoms with Crippen LogP contribution < -0.4 is 14.8 Å². The van der Waals surface area contributed by atoms with Crippen LogP contribution in [-0.2, 0) is 11.4 Å². The summed E-state index contributed by atoms with van der Waals surface area (Å²) < 4.78 is 11.8. The van der Waals surface area contributed by atoms with Gasteiger partial charge in [-0.25, -0.2) is 9.97 Å². The van der Waals surface area contributed by atoms with Crippen LogP contribution in [0, 0.1) is 6.92 Å². The number of aliphatic hydroxyl groups excluding tert-OH is 1. The number of ether oxygens (including phenoxy) is 2. The summed E-state index contributed by atoms with van der Waals surface area (Å²) in [6.45, 7) is 2.26. The second-order valence-corrected chi connectivity index (χ2v) is 8.43. The van der Waals surface area contributed by atoms with Gasteiger partial charge in [-0.2, -0.15) is 0 Å². The fraction of sp³-hybridized carbons (Fsp3) is 0.231. The summed E-state index contributed by atoms with van der Waals surface area (Å²) in [5.74, 6) is 1.28. The van der Waals surface area contributed by atoms with Crippen LogP contribution in [0.5, 0.6) is 11.5 Å². The molecule has 0 aliphatic carbocycles. The van der Waals surface area contributed by atoms with Crippen LogP contribution in [0.2, 0.25) is 5.02 Å². The molecule has 0 spiro atoms. The standard InChI is InChI=1S/C26H26ClN5O4/c1-17-5-3-6-19(30-17)15-36-22-10-9-18(13-20(22)27)31-26-25-21(28-16-29-26)7-4-8-23(25)35-12-11-32(2)24(34)14-33/h3-10,13,16,33H,11-12,14-15H2,1-2H3,(H,28,29,31). The number of halogens is 1. The quantitative estimate of drug-likeness (QED) is 0.329. The Morgan fingerprint density at radius 3 is 2.69 bits per heavy atom. The van der Waals surface area contributed by atoms with Crippen LogP contribution in [0.15, 0.2) is 60.9 Å². The monoisotopic (exact) mass is 507 g/mol. The first-order valence-corrected chi connectivity index (χ1v) is 11.7. The van der Waals surface area contributed by atoms with Crippen molar-refractivity contribution in [3.8, 4) is 11.5 Å². The summed E-state index contributed by atoms with van der Waals surface area (Å²) in [6.07, 6.45) is 1.47. The molecule has 0 unspecified atom stereocenters. The topological polar surface area (TPSA) is 110 Å². The highest BCUT2D eigenvalue weighted by atomic mass is 35.5. The fourth-order valence-electron chi connectivity index (χ4n) is 3.50. The molecule has 2 aromatic carbocycles. The maximum absolute atomic E-state index is 11.6. The molecule has 0 fully saturated rings. The SMILES string of the molecule is Cc1cccc(COc2ccc(Nc3ncnc4cccc(OCCN(C)C(=O)CO)c34)cc2Cl)n1. The van der Waals surface area contributed by atoms with Crippen molar-refractivity contribution in [3.63, 3.8) is 0 Å². The van der Waals surface area contributed by atoms with Gasteiger partial charge >= 0.3 is 0 Å². The lowest BCUT2D eigenvalue weighted by molar-refractivity contribution is -0.133. The highest BCUT2D eigenvalue weighted by molar-refractivity contribution is 6.32. The molecule has 9 nitrogen and oxygen atoms in total. The van der Waals surface area contributed by atoms with Crippen molar-refractivity contribution in [2.24, 2.45) is 0 Å². The fourth-order valence-corrected chi connectivity index (χ4v) is 3.73. The Morgan fingerprint density at radius 2 is 1.92 bits per heavy atom. The minimum absolute atomic E-state index is 0.239. The zero-order valence-electron chi connectivity index (χ0n) is 19.9. The Balaban J connectivity index is 1.49. The molecule has 0 saturated heterocycles. The first-order valence-electron chi connectivity index (χ1n) is 11.3. The molecule has 10 heteroatoms. The molecule has 4 aromatic rings. The number of carbonyl (C=O) groups is 1. The van der Waals surface area contributed by atoms with E-state index in [1.54, 1.807) is 19.2 Å². The number of hydrogen-bond acceptors (Lipinski definition) is 8.